The van der Waals surface area contributed by atoms with Crippen LogP contribution in [0.1, 0.15) is 40.5 Å². The van der Waals surface area contributed by atoms with Crippen molar-refractivity contribution < 1.29 is 0 Å². The van der Waals surface area contributed by atoms with Crippen molar-refractivity contribution in [1.29, 1.82) is 0 Å². The molecule has 2 aliphatic heterocycles. The first-order valence-corrected chi connectivity index (χ1v) is 10.3. The van der Waals surface area contributed by atoms with Gasteiger partial charge in [0.2, 0.25) is 0 Å². The fourth-order valence-electron chi connectivity index (χ4n) is 4.35. The van der Waals surface area contributed by atoms with E-state index < -0.39 is 0 Å². The third-order valence-electron chi connectivity index (χ3n) is 5.85. The molecule has 0 amide bonds. The first-order valence-electron chi connectivity index (χ1n) is 10.3. The molecule has 2 saturated heterocycles. The summed E-state index contributed by atoms with van der Waals surface area (Å²) in [4.78, 5) is 12.1. The Kier molecular flexibility index (Phi) is 8.01. The smallest absolute Gasteiger partial charge is 0.193 e. The van der Waals surface area contributed by atoms with Crippen LogP contribution in [0.2, 0.25) is 0 Å². The van der Waals surface area contributed by atoms with E-state index in [2.05, 4.69) is 59.8 Å². The summed E-state index contributed by atoms with van der Waals surface area (Å²) in [6.07, 6.45) is 2.65. The van der Waals surface area contributed by atoms with Crippen LogP contribution in [0.15, 0.2) is 4.99 Å². The van der Waals surface area contributed by atoms with Gasteiger partial charge >= 0.3 is 0 Å². The molecule has 5 heteroatoms. The van der Waals surface area contributed by atoms with Crippen LogP contribution in [0.5, 0.6) is 0 Å². The molecule has 2 heterocycles. The number of nitrogens with zero attached hydrogens (tertiary/aromatic N) is 4. The fraction of sp³-hybridized carbons (Fsp3) is 0.950. The highest BCUT2D eigenvalue weighted by atomic mass is 15.3. The van der Waals surface area contributed by atoms with Gasteiger partial charge in [-0.15, -0.1) is 0 Å². The molecule has 0 saturated carbocycles. The number of hydrogen-bond donors (Lipinski definition) is 1. The second kappa shape index (κ2) is 9.77. The number of hydrogen-bond acceptors (Lipinski definition) is 3. The van der Waals surface area contributed by atoms with Crippen LogP contribution in [0.3, 0.4) is 0 Å². The number of likely N-dealkylation sites (tertiary alicyclic amines) is 1. The molecule has 0 aromatic rings. The van der Waals surface area contributed by atoms with E-state index in [9.17, 15) is 0 Å². The van der Waals surface area contributed by atoms with Crippen molar-refractivity contribution in [3.63, 3.8) is 0 Å². The predicted octanol–water partition coefficient (Wildman–Crippen LogP) is 2.20. The Morgan fingerprint density at radius 1 is 1.08 bits per heavy atom. The SMILES string of the molecule is CN=C(NCC(C(C)C)N1CCN(C)CC1)N1CCC(CC(C)C)C1. The summed E-state index contributed by atoms with van der Waals surface area (Å²) in [5.41, 5.74) is 0. The number of guanidine groups is 1. The Labute approximate surface area is 155 Å². The van der Waals surface area contributed by atoms with E-state index in [-0.39, 0.29) is 0 Å². The molecule has 0 aromatic carbocycles. The Balaban J connectivity index is 1.86. The molecule has 25 heavy (non-hydrogen) atoms. The first-order chi connectivity index (χ1) is 11.9. The molecule has 2 fully saturated rings. The van der Waals surface area contributed by atoms with Crippen LogP contribution in [0.25, 0.3) is 0 Å². The first kappa shape index (κ1) is 20.5. The quantitative estimate of drug-likeness (QED) is 0.588. The zero-order valence-electron chi connectivity index (χ0n) is 17.5. The van der Waals surface area contributed by atoms with E-state index >= 15 is 0 Å². The monoisotopic (exact) mass is 351 g/mol. The van der Waals surface area contributed by atoms with Gasteiger partial charge in [-0.2, -0.15) is 0 Å². The average molecular weight is 352 g/mol. The number of piperazine rings is 1. The van der Waals surface area contributed by atoms with E-state index in [1.807, 2.05) is 7.05 Å². The lowest BCUT2D eigenvalue weighted by Crippen LogP contribution is -2.55. The highest BCUT2D eigenvalue weighted by Crippen LogP contribution is 2.23. The Bertz CT molecular complexity index is 412. The van der Waals surface area contributed by atoms with Crippen LogP contribution in [0, 0.1) is 17.8 Å². The minimum Gasteiger partial charge on any atom is -0.355 e. The van der Waals surface area contributed by atoms with Crippen molar-refractivity contribution in [3.05, 3.63) is 0 Å². The van der Waals surface area contributed by atoms with Crippen molar-refractivity contribution in [3.8, 4) is 0 Å². The normalized spacial score (nSPS) is 25.2. The van der Waals surface area contributed by atoms with Gasteiger partial charge in [0.25, 0.3) is 0 Å². The standard InChI is InChI=1S/C20H41N5/c1-16(2)13-18-7-8-25(15-18)20(21-5)22-14-19(17(3)4)24-11-9-23(6)10-12-24/h16-19H,7-15H2,1-6H3,(H,21,22). The van der Waals surface area contributed by atoms with Crippen molar-refractivity contribution in [2.75, 3.05) is 59.9 Å². The minimum atomic E-state index is 0.583. The molecule has 2 aliphatic rings. The summed E-state index contributed by atoms with van der Waals surface area (Å²) in [5.74, 6) is 3.38. The van der Waals surface area contributed by atoms with Crippen molar-refractivity contribution >= 4 is 5.96 Å². The maximum atomic E-state index is 4.58. The molecule has 0 aliphatic carbocycles. The minimum absolute atomic E-state index is 0.583. The van der Waals surface area contributed by atoms with Crippen LogP contribution in [-0.2, 0) is 0 Å². The topological polar surface area (TPSA) is 34.1 Å². The van der Waals surface area contributed by atoms with E-state index in [0.29, 0.717) is 12.0 Å². The zero-order valence-corrected chi connectivity index (χ0v) is 17.5. The molecule has 146 valence electrons. The predicted molar refractivity (Wildman–Crippen MR) is 108 cm³/mol. The maximum absolute atomic E-state index is 4.58. The molecule has 0 aromatic heterocycles. The van der Waals surface area contributed by atoms with Gasteiger partial charge in [0, 0.05) is 58.9 Å². The second-order valence-corrected chi connectivity index (χ2v) is 8.81. The summed E-state index contributed by atoms with van der Waals surface area (Å²) < 4.78 is 0. The summed E-state index contributed by atoms with van der Waals surface area (Å²) in [7, 11) is 4.15. The number of likely N-dealkylation sites (N-methyl/N-ethyl adjacent to an activating group) is 1. The van der Waals surface area contributed by atoms with E-state index in [1.54, 1.807) is 0 Å². The van der Waals surface area contributed by atoms with Crippen LogP contribution in [-0.4, -0.2) is 86.6 Å². The number of aliphatic imine (C=N–C) groups is 1. The molecular formula is C20H41N5. The average Bonchev–Trinajstić information content (AvgIpc) is 3.00. The van der Waals surface area contributed by atoms with Gasteiger partial charge in [0.05, 0.1) is 0 Å². The molecule has 0 bridgehead atoms. The van der Waals surface area contributed by atoms with Gasteiger partial charge in [-0.1, -0.05) is 27.7 Å². The van der Waals surface area contributed by atoms with Crippen LogP contribution in [0.4, 0.5) is 0 Å². The highest BCUT2D eigenvalue weighted by Gasteiger charge is 2.28. The van der Waals surface area contributed by atoms with Gasteiger partial charge in [-0.3, -0.25) is 9.89 Å². The third-order valence-corrected chi connectivity index (χ3v) is 5.85. The van der Waals surface area contributed by atoms with Crippen LogP contribution >= 0.6 is 0 Å². The van der Waals surface area contributed by atoms with Crippen molar-refractivity contribution in [2.24, 2.45) is 22.7 Å². The van der Waals surface area contributed by atoms with Crippen LogP contribution < -0.4 is 5.32 Å². The van der Waals surface area contributed by atoms with Gasteiger partial charge in [-0.05, 0) is 37.6 Å². The summed E-state index contributed by atoms with van der Waals surface area (Å²) in [6.45, 7) is 17.4. The lowest BCUT2D eigenvalue weighted by Gasteiger charge is -2.40. The molecule has 1 N–H and O–H groups in total. The number of rotatable bonds is 6. The lowest BCUT2D eigenvalue weighted by molar-refractivity contribution is 0.0897. The molecule has 2 unspecified atom stereocenters. The largest absolute Gasteiger partial charge is 0.355 e. The van der Waals surface area contributed by atoms with Crippen molar-refractivity contribution in [1.82, 2.24) is 20.0 Å². The molecule has 0 spiro atoms. The molecule has 2 atom stereocenters. The Morgan fingerprint density at radius 3 is 2.32 bits per heavy atom. The zero-order chi connectivity index (χ0) is 18.4. The van der Waals surface area contributed by atoms with Gasteiger partial charge in [0.1, 0.15) is 0 Å². The second-order valence-electron chi connectivity index (χ2n) is 8.81. The maximum Gasteiger partial charge on any atom is 0.193 e. The molecule has 5 nitrogen and oxygen atoms in total. The van der Waals surface area contributed by atoms with E-state index in [0.717, 1.165) is 30.9 Å². The fourth-order valence-corrected chi connectivity index (χ4v) is 4.35. The summed E-state index contributed by atoms with van der Waals surface area (Å²) in [5, 5.41) is 3.70. The molecule has 2 rings (SSSR count). The van der Waals surface area contributed by atoms with Gasteiger partial charge < -0.3 is 15.1 Å². The van der Waals surface area contributed by atoms with E-state index in [4.69, 9.17) is 0 Å². The third kappa shape index (κ3) is 6.14. The van der Waals surface area contributed by atoms with E-state index in [1.165, 1.54) is 45.6 Å². The van der Waals surface area contributed by atoms with Gasteiger partial charge in [-0.25, -0.2) is 0 Å². The van der Waals surface area contributed by atoms with Crippen molar-refractivity contribution in [2.45, 2.75) is 46.6 Å². The summed E-state index contributed by atoms with van der Waals surface area (Å²) >= 11 is 0. The molecular weight excluding hydrogens is 310 g/mol. The number of nitrogens with one attached hydrogen (secondary N) is 1. The highest BCUT2D eigenvalue weighted by molar-refractivity contribution is 5.80. The molecule has 0 radical (unpaired) electrons. The van der Waals surface area contributed by atoms with Gasteiger partial charge in [0.15, 0.2) is 5.96 Å². The lowest BCUT2D eigenvalue weighted by atomic mass is 9.97. The Hall–Kier alpha value is -0.810. The summed E-state index contributed by atoms with van der Waals surface area (Å²) in [6, 6.07) is 0.583. The Morgan fingerprint density at radius 2 is 1.76 bits per heavy atom.